The zero-order valence-corrected chi connectivity index (χ0v) is 13.8. The fourth-order valence-electron chi connectivity index (χ4n) is 1.66. The topological polar surface area (TPSA) is 80.9 Å². The summed E-state index contributed by atoms with van der Waals surface area (Å²) in [5.74, 6) is 0.753. The van der Waals surface area contributed by atoms with Gasteiger partial charge in [-0.3, -0.25) is 4.79 Å². The second-order valence-electron chi connectivity index (χ2n) is 4.60. The Morgan fingerprint density at radius 1 is 1.52 bits per heavy atom. The molecule has 1 amide bonds. The fourth-order valence-corrected chi connectivity index (χ4v) is 3.50. The Hall–Kier alpha value is -1.60. The van der Waals surface area contributed by atoms with Crippen LogP contribution in [0, 0.1) is 6.92 Å². The van der Waals surface area contributed by atoms with Crippen molar-refractivity contribution in [2.75, 3.05) is 11.1 Å². The third-order valence-electron chi connectivity index (χ3n) is 3.05. The van der Waals surface area contributed by atoms with Gasteiger partial charge in [0.15, 0.2) is 4.34 Å². The molecular weight excluding hydrogens is 304 g/mol. The van der Waals surface area contributed by atoms with Gasteiger partial charge in [0.05, 0.1) is 5.25 Å². The fraction of sp³-hybridized carbons (Fsp3) is 0.357. The number of hydrogen-bond acceptors (Lipinski definition) is 6. The molecule has 0 spiro atoms. The van der Waals surface area contributed by atoms with Crippen LogP contribution in [0.1, 0.15) is 25.2 Å². The van der Waals surface area contributed by atoms with Gasteiger partial charge in [-0.15, -0.1) is 0 Å². The van der Waals surface area contributed by atoms with E-state index in [0.29, 0.717) is 5.69 Å². The first-order valence-electron chi connectivity index (χ1n) is 6.66. The molecule has 0 aliphatic rings. The maximum Gasteiger partial charge on any atom is 0.237 e. The molecule has 21 heavy (non-hydrogen) atoms. The van der Waals surface area contributed by atoms with Crippen molar-refractivity contribution < 1.29 is 4.79 Å². The number of aryl methyl sites for hydroxylation is 1. The van der Waals surface area contributed by atoms with Crippen molar-refractivity contribution in [1.29, 1.82) is 0 Å². The minimum atomic E-state index is -0.247. The van der Waals surface area contributed by atoms with Crippen LogP contribution in [-0.2, 0) is 11.2 Å². The Kier molecular flexibility index (Phi) is 5.19. The number of carbonyl (C=O) groups excluding carboxylic acids is 1. The molecule has 0 aliphatic heterocycles. The van der Waals surface area contributed by atoms with E-state index in [2.05, 4.69) is 14.7 Å². The number of nitrogens with one attached hydrogen (secondary N) is 1. The van der Waals surface area contributed by atoms with E-state index in [0.717, 1.165) is 27.8 Å². The van der Waals surface area contributed by atoms with Gasteiger partial charge in [0.1, 0.15) is 5.82 Å². The van der Waals surface area contributed by atoms with Gasteiger partial charge >= 0.3 is 0 Å². The first kappa shape index (κ1) is 15.8. The second kappa shape index (κ2) is 6.91. The normalized spacial score (nSPS) is 12.1. The smallest absolute Gasteiger partial charge is 0.237 e. The molecule has 5 nitrogen and oxygen atoms in total. The summed E-state index contributed by atoms with van der Waals surface area (Å²) in [6, 6.07) is 5.49. The number of thioether (sulfide) groups is 1. The van der Waals surface area contributed by atoms with Crippen LogP contribution in [0.5, 0.6) is 0 Å². The van der Waals surface area contributed by atoms with Crippen molar-refractivity contribution in [3.8, 4) is 0 Å². The minimum absolute atomic E-state index is 0.0676. The average Bonchev–Trinajstić information content (AvgIpc) is 2.91. The third kappa shape index (κ3) is 3.95. The lowest BCUT2D eigenvalue weighted by Gasteiger charge is -2.13. The summed E-state index contributed by atoms with van der Waals surface area (Å²) in [7, 11) is 0. The molecule has 1 atom stereocenters. The van der Waals surface area contributed by atoms with E-state index in [1.165, 1.54) is 23.3 Å². The van der Waals surface area contributed by atoms with Crippen LogP contribution in [0.4, 0.5) is 11.4 Å². The summed E-state index contributed by atoms with van der Waals surface area (Å²) < 4.78 is 5.04. The molecule has 112 valence electrons. The van der Waals surface area contributed by atoms with Crippen molar-refractivity contribution in [3.63, 3.8) is 0 Å². The molecule has 1 aromatic heterocycles. The maximum absolute atomic E-state index is 12.2. The molecule has 7 heteroatoms. The summed E-state index contributed by atoms with van der Waals surface area (Å²) in [5, 5.41) is 2.66. The minimum Gasteiger partial charge on any atom is -0.398 e. The molecule has 0 aliphatic carbocycles. The first-order valence-corrected chi connectivity index (χ1v) is 8.31. The number of hydrogen-bond donors (Lipinski definition) is 2. The van der Waals surface area contributed by atoms with Crippen LogP contribution in [0.15, 0.2) is 22.5 Å². The van der Waals surface area contributed by atoms with Crippen LogP contribution in [-0.4, -0.2) is 20.5 Å². The number of nitrogen functional groups attached to an aromatic ring is 1. The number of nitrogens with two attached hydrogens (primary N) is 1. The van der Waals surface area contributed by atoms with Gasteiger partial charge in [0.2, 0.25) is 5.91 Å². The number of aromatic nitrogens is 2. The lowest BCUT2D eigenvalue weighted by atomic mass is 10.1. The van der Waals surface area contributed by atoms with Gasteiger partial charge < -0.3 is 11.1 Å². The monoisotopic (exact) mass is 322 g/mol. The van der Waals surface area contributed by atoms with Crippen molar-refractivity contribution >= 4 is 40.6 Å². The Morgan fingerprint density at radius 2 is 2.29 bits per heavy atom. The number of rotatable bonds is 5. The Balaban J connectivity index is 2.00. The van der Waals surface area contributed by atoms with Crippen LogP contribution in [0.2, 0.25) is 0 Å². The highest BCUT2D eigenvalue weighted by Gasteiger charge is 2.18. The largest absolute Gasteiger partial charge is 0.398 e. The van der Waals surface area contributed by atoms with Crippen molar-refractivity contribution in [3.05, 3.63) is 29.6 Å². The summed E-state index contributed by atoms with van der Waals surface area (Å²) in [5.41, 5.74) is 8.14. The third-order valence-corrected chi connectivity index (χ3v) is 4.97. The van der Waals surface area contributed by atoms with Crippen molar-refractivity contribution in [2.24, 2.45) is 0 Å². The zero-order valence-electron chi connectivity index (χ0n) is 12.2. The molecule has 0 saturated carbocycles. The molecule has 0 saturated heterocycles. The molecule has 2 rings (SSSR count). The predicted molar refractivity (Wildman–Crippen MR) is 88.8 cm³/mol. The molecular formula is C14H18N4OS2. The standard InChI is InChI=1S/C14H18N4OS2/c1-4-12-17-14(21-18-12)20-9(3)13(19)16-11-7-5-6-10(15)8(11)2/h5-7,9H,4,15H2,1-3H3,(H,16,19). The molecule has 1 unspecified atom stereocenters. The van der Waals surface area contributed by atoms with Crippen LogP contribution >= 0.6 is 23.3 Å². The van der Waals surface area contributed by atoms with E-state index in [9.17, 15) is 4.79 Å². The van der Waals surface area contributed by atoms with E-state index in [1.807, 2.05) is 39.0 Å². The van der Waals surface area contributed by atoms with Gasteiger partial charge in [0.25, 0.3) is 0 Å². The van der Waals surface area contributed by atoms with Crippen LogP contribution < -0.4 is 11.1 Å². The Morgan fingerprint density at radius 3 is 2.95 bits per heavy atom. The molecule has 1 heterocycles. The van der Waals surface area contributed by atoms with Crippen molar-refractivity contribution in [2.45, 2.75) is 36.8 Å². The van der Waals surface area contributed by atoms with E-state index in [4.69, 9.17) is 5.73 Å². The second-order valence-corrected chi connectivity index (χ2v) is 6.94. The quantitative estimate of drug-likeness (QED) is 0.653. The molecule has 1 aromatic carbocycles. The summed E-state index contributed by atoms with van der Waals surface area (Å²) in [6.07, 6.45) is 0.806. The lowest BCUT2D eigenvalue weighted by molar-refractivity contribution is -0.115. The van der Waals surface area contributed by atoms with Crippen LogP contribution in [0.3, 0.4) is 0 Å². The SMILES string of the molecule is CCc1nsc(SC(C)C(=O)Nc2cccc(N)c2C)n1. The molecule has 2 aromatic rings. The Labute approximate surface area is 132 Å². The number of anilines is 2. The molecule has 0 fully saturated rings. The van der Waals surface area contributed by atoms with E-state index in [-0.39, 0.29) is 11.2 Å². The predicted octanol–water partition coefficient (Wildman–Crippen LogP) is 3.11. The van der Waals surface area contributed by atoms with Gasteiger partial charge in [-0.25, -0.2) is 4.98 Å². The average molecular weight is 322 g/mol. The number of amides is 1. The number of benzene rings is 1. The highest BCUT2D eigenvalue weighted by Crippen LogP contribution is 2.27. The van der Waals surface area contributed by atoms with E-state index in [1.54, 1.807) is 0 Å². The zero-order chi connectivity index (χ0) is 15.4. The first-order chi connectivity index (χ1) is 10.0. The van der Waals surface area contributed by atoms with Gasteiger partial charge in [0, 0.05) is 17.8 Å². The number of nitrogens with zero attached hydrogens (tertiary/aromatic N) is 2. The lowest BCUT2D eigenvalue weighted by Crippen LogP contribution is -2.23. The van der Waals surface area contributed by atoms with E-state index >= 15 is 0 Å². The van der Waals surface area contributed by atoms with Gasteiger partial charge in [-0.1, -0.05) is 24.8 Å². The van der Waals surface area contributed by atoms with Gasteiger partial charge in [-0.05, 0) is 43.1 Å². The van der Waals surface area contributed by atoms with Crippen molar-refractivity contribution in [1.82, 2.24) is 9.36 Å². The van der Waals surface area contributed by atoms with Gasteiger partial charge in [-0.2, -0.15) is 4.37 Å². The van der Waals surface area contributed by atoms with Crippen LogP contribution in [0.25, 0.3) is 0 Å². The molecule has 0 radical (unpaired) electrons. The Bertz CT molecular complexity index is 642. The highest BCUT2D eigenvalue weighted by molar-refractivity contribution is 8.02. The molecule has 0 bridgehead atoms. The maximum atomic E-state index is 12.2. The highest BCUT2D eigenvalue weighted by atomic mass is 32.2. The summed E-state index contributed by atoms with van der Waals surface area (Å²) in [4.78, 5) is 16.6. The summed E-state index contributed by atoms with van der Waals surface area (Å²) >= 11 is 2.75. The molecule has 3 N–H and O–H groups in total. The summed E-state index contributed by atoms with van der Waals surface area (Å²) in [6.45, 7) is 5.75. The van der Waals surface area contributed by atoms with E-state index < -0.39 is 0 Å². The number of carbonyl (C=O) groups is 1.